The number of non-ortho nitro benzene ring substituents is 1. The number of nitrogens with two attached hydrogens (primary N) is 2. The van der Waals surface area contributed by atoms with E-state index in [0.29, 0.717) is 21.4 Å². The van der Waals surface area contributed by atoms with Crippen LogP contribution in [0, 0.1) is 17.0 Å². The molecule has 2 rings (SSSR count). The van der Waals surface area contributed by atoms with Crippen LogP contribution in [0.1, 0.15) is 13.9 Å². The monoisotopic (exact) mass is 587 g/mol. The molecule has 28 heavy (non-hydrogen) atoms. The van der Waals surface area contributed by atoms with E-state index < -0.39 is 23.8 Å². The van der Waals surface area contributed by atoms with Crippen molar-refractivity contribution in [2.24, 2.45) is 0 Å². The summed E-state index contributed by atoms with van der Waals surface area (Å²) < 4.78 is 0. The number of nitrogens with zero attached hydrogens (tertiary/aromatic N) is 1. The van der Waals surface area contributed by atoms with Crippen LogP contribution in [-0.2, 0) is 0 Å². The second-order valence-electron chi connectivity index (χ2n) is 4.36. The first-order valence-electron chi connectivity index (χ1n) is 6.92. The number of rotatable bonds is 1. The van der Waals surface area contributed by atoms with E-state index in [9.17, 15) is 10.1 Å². The van der Waals surface area contributed by atoms with E-state index in [-0.39, 0.29) is 24.7 Å². The van der Waals surface area contributed by atoms with Crippen molar-refractivity contribution in [1.82, 2.24) is 0 Å². The summed E-state index contributed by atoms with van der Waals surface area (Å²) in [6.45, 7) is 3.66. The predicted octanol–water partition coefficient (Wildman–Crippen LogP) is 3.52. The van der Waals surface area contributed by atoms with Crippen molar-refractivity contribution in [2.45, 2.75) is 13.8 Å². The molecular weight excluding hydrogens is 563 g/mol. The van der Waals surface area contributed by atoms with E-state index >= 15 is 0 Å². The first-order valence-corrected chi connectivity index (χ1v) is 14.9. The third kappa shape index (κ3) is 17.4. The molecule has 0 amide bonds. The van der Waals surface area contributed by atoms with Gasteiger partial charge in [-0.1, -0.05) is 23.2 Å². The molecule has 8 nitrogen and oxygen atoms in total. The van der Waals surface area contributed by atoms with E-state index in [0.717, 1.165) is 5.56 Å². The number of hydrogen-bond donors (Lipinski definition) is 3. The number of hydrogen-bond acceptors (Lipinski definition) is 5. The summed E-state index contributed by atoms with van der Waals surface area (Å²) >= 11 is 10.4. The topological polar surface area (TPSA) is 178 Å². The van der Waals surface area contributed by atoms with Gasteiger partial charge < -0.3 is 29.0 Å². The van der Waals surface area contributed by atoms with Crippen LogP contribution in [0.25, 0.3) is 0 Å². The maximum atomic E-state index is 10.2. The predicted molar refractivity (Wildman–Crippen MR) is 122 cm³/mol. The number of aryl methyl sites for hydroxylation is 1. The number of nitro benzene ring substituents is 1. The summed E-state index contributed by atoms with van der Waals surface area (Å²) in [5.41, 5.74) is 12.8. The first-order chi connectivity index (χ1) is 12.1. The van der Waals surface area contributed by atoms with E-state index in [2.05, 4.69) is 0 Å². The van der Waals surface area contributed by atoms with Gasteiger partial charge in [-0.15, -0.1) is 0 Å². The minimum absolute atomic E-state index is 0. The zero-order valence-corrected chi connectivity index (χ0v) is 20.9. The summed E-state index contributed by atoms with van der Waals surface area (Å²) in [6.07, 6.45) is 0. The van der Waals surface area contributed by atoms with E-state index in [1.165, 1.54) is 18.2 Å². The van der Waals surface area contributed by atoms with Crippen molar-refractivity contribution in [2.75, 3.05) is 18.1 Å². The number of nitrogen functional groups attached to an aromatic ring is 2. The molecular formula is C15H24Cl4N3O5Sn-. The summed E-state index contributed by atoms with van der Waals surface area (Å²) in [5.74, 6) is 0. The van der Waals surface area contributed by atoms with Crippen LogP contribution in [-0.4, -0.2) is 46.5 Å². The quantitative estimate of drug-likeness (QED) is 0.200. The van der Waals surface area contributed by atoms with Gasteiger partial charge in [0.15, 0.2) is 0 Å². The molecule has 0 fully saturated rings. The summed E-state index contributed by atoms with van der Waals surface area (Å²) in [6, 6.07) is 9.36. The zero-order chi connectivity index (χ0) is 20.7. The van der Waals surface area contributed by atoms with Gasteiger partial charge in [-0.3, -0.25) is 10.1 Å². The normalized spacial score (nSPS) is 8.11. The van der Waals surface area contributed by atoms with Gasteiger partial charge in [-0.2, -0.15) is 0 Å². The Hall–Kier alpha value is -0.721. The fourth-order valence-electron chi connectivity index (χ4n) is 1.30. The van der Waals surface area contributed by atoms with Gasteiger partial charge in [0, 0.05) is 29.4 Å². The zero-order valence-electron chi connectivity index (χ0n) is 16.0. The molecule has 0 saturated heterocycles. The average Bonchev–Trinajstić information content (AvgIpc) is 2.56. The Labute approximate surface area is 192 Å². The Kier molecular flexibility index (Phi) is 26.1. The van der Waals surface area contributed by atoms with Gasteiger partial charge in [0.25, 0.3) is 5.69 Å². The molecule has 2 aromatic rings. The number of nitro groups is 1. The SMILES string of the molecule is CCO.Cc1cc([N+](=O)[O-])ccc1Cl.Nc1ccc(Cl)c(N)c1.O.O.[2H-].[Cl][Sn][Cl]. The summed E-state index contributed by atoms with van der Waals surface area (Å²) in [4.78, 5) is 9.79. The summed E-state index contributed by atoms with van der Waals surface area (Å²) in [5, 5.41) is 18.9. The van der Waals surface area contributed by atoms with Crippen LogP contribution in [0.5, 0.6) is 0 Å². The molecule has 0 spiro atoms. The molecule has 2 aromatic carbocycles. The third-order valence-corrected chi connectivity index (χ3v) is 3.14. The molecule has 0 unspecified atom stereocenters. The van der Waals surface area contributed by atoms with Crippen LogP contribution in [0.3, 0.4) is 0 Å². The Balaban J connectivity index is -0.0000000972. The van der Waals surface area contributed by atoms with Gasteiger partial charge >= 0.3 is 36.7 Å². The van der Waals surface area contributed by atoms with Gasteiger partial charge in [-0.05, 0) is 43.7 Å². The molecule has 0 saturated carbocycles. The van der Waals surface area contributed by atoms with E-state index in [1.807, 2.05) is 0 Å². The van der Waals surface area contributed by atoms with Crippen LogP contribution in [0.2, 0.25) is 10.0 Å². The number of aliphatic hydroxyl groups is 1. The van der Waals surface area contributed by atoms with Gasteiger partial charge in [0.05, 0.1) is 15.6 Å². The molecule has 9 N–H and O–H groups in total. The molecule has 0 bridgehead atoms. The molecule has 0 aliphatic rings. The maximum absolute atomic E-state index is 10.2. The Morgan fingerprint density at radius 3 is 1.86 bits per heavy atom. The van der Waals surface area contributed by atoms with Gasteiger partial charge in [0.2, 0.25) is 0 Å². The minimum atomic E-state index is -0.826. The molecule has 0 aliphatic carbocycles. The molecule has 0 aromatic heterocycles. The second-order valence-corrected chi connectivity index (χ2v) is 9.41. The molecule has 0 aliphatic heterocycles. The van der Waals surface area contributed by atoms with E-state index in [1.54, 1.807) is 32.0 Å². The van der Waals surface area contributed by atoms with Crippen LogP contribution in [0.4, 0.5) is 17.1 Å². The number of halogens is 4. The standard InChI is InChI=1S/C7H6ClNO2.C6H7ClN2.C2H6O.2ClH.2H2O.Sn.H/c1-5-4-6(9(10)11)2-3-7(5)8;7-5-2-1-4(8)3-6(5)9;1-2-3;;;;;;/h2-4H,1H3;1-3H,8-9H2;3H,2H2,1H3;2*1H;2*1H2;;/q;;;;;;;+2;-1/p-2/i;;;;;;;;1+1. The van der Waals surface area contributed by atoms with Crippen LogP contribution >= 0.6 is 41.0 Å². The molecule has 2 radical (unpaired) electrons. The van der Waals surface area contributed by atoms with Crippen molar-refractivity contribution in [3.63, 3.8) is 0 Å². The van der Waals surface area contributed by atoms with Gasteiger partial charge in [-0.25, -0.2) is 0 Å². The Bertz CT molecular complexity index is 688. The first kappa shape index (κ1) is 34.8. The van der Waals surface area contributed by atoms with Crippen LogP contribution in [0.15, 0.2) is 36.4 Å². The second kappa shape index (κ2) is 21.0. The molecule has 162 valence electrons. The Morgan fingerprint density at radius 2 is 1.54 bits per heavy atom. The number of benzene rings is 2. The Morgan fingerprint density at radius 1 is 1.11 bits per heavy atom. The molecule has 0 heterocycles. The van der Waals surface area contributed by atoms with Crippen molar-refractivity contribution in [1.29, 1.82) is 0 Å². The number of anilines is 2. The number of aliphatic hydroxyl groups excluding tert-OH is 1. The summed E-state index contributed by atoms with van der Waals surface area (Å²) in [7, 11) is 9.87. The fraction of sp³-hybridized carbons (Fsp3) is 0.200. The van der Waals surface area contributed by atoms with E-state index in [4.69, 9.17) is 57.6 Å². The van der Waals surface area contributed by atoms with Crippen molar-refractivity contribution in [3.05, 3.63) is 62.1 Å². The molecule has 0 atom stereocenters. The van der Waals surface area contributed by atoms with Crippen molar-refractivity contribution >= 4 is 77.0 Å². The molecule has 13 heteroatoms. The van der Waals surface area contributed by atoms with Crippen molar-refractivity contribution in [3.8, 4) is 0 Å². The van der Waals surface area contributed by atoms with Crippen LogP contribution < -0.4 is 11.5 Å². The third-order valence-electron chi connectivity index (χ3n) is 2.37. The average molecular weight is 588 g/mol. The van der Waals surface area contributed by atoms with Gasteiger partial charge in [0.1, 0.15) is 0 Å². The van der Waals surface area contributed by atoms with Crippen molar-refractivity contribution < 1.29 is 22.4 Å². The fourth-order valence-corrected chi connectivity index (χ4v) is 1.54.